The van der Waals surface area contributed by atoms with E-state index in [1.165, 1.54) is 19.3 Å². The van der Waals surface area contributed by atoms with Crippen LogP contribution in [-0.2, 0) is 0 Å². The van der Waals surface area contributed by atoms with E-state index in [0.717, 1.165) is 6.42 Å². The zero-order valence-electron chi connectivity index (χ0n) is 9.46. The molecule has 0 radical (unpaired) electrons. The molecule has 0 saturated heterocycles. The van der Waals surface area contributed by atoms with E-state index >= 15 is 0 Å². The Labute approximate surface area is 91.4 Å². The predicted molar refractivity (Wildman–Crippen MR) is 59.7 cm³/mol. The van der Waals surface area contributed by atoms with Crippen LogP contribution in [0.25, 0.3) is 0 Å². The summed E-state index contributed by atoms with van der Waals surface area (Å²) in [7, 11) is 0. The van der Waals surface area contributed by atoms with Crippen molar-refractivity contribution in [3.05, 3.63) is 0 Å². The Morgan fingerprint density at radius 1 is 1.40 bits per heavy atom. The van der Waals surface area contributed by atoms with Crippen LogP contribution in [0.1, 0.15) is 39.0 Å². The molecule has 4 nitrogen and oxygen atoms in total. The van der Waals surface area contributed by atoms with E-state index in [-0.39, 0.29) is 12.6 Å². The van der Waals surface area contributed by atoms with Crippen molar-refractivity contribution in [1.82, 2.24) is 10.6 Å². The van der Waals surface area contributed by atoms with Crippen molar-refractivity contribution < 1.29 is 9.90 Å². The van der Waals surface area contributed by atoms with Crippen LogP contribution in [0.4, 0.5) is 4.79 Å². The van der Waals surface area contributed by atoms with Gasteiger partial charge in [-0.05, 0) is 25.2 Å². The fourth-order valence-corrected chi connectivity index (χ4v) is 2.03. The Balaban J connectivity index is 2.18. The third-order valence-corrected chi connectivity index (χ3v) is 3.05. The largest absolute Gasteiger partial charge is 0.396 e. The van der Waals surface area contributed by atoms with Gasteiger partial charge in [0.25, 0.3) is 0 Å². The number of nitrogens with one attached hydrogen (secondary N) is 2. The van der Waals surface area contributed by atoms with Gasteiger partial charge >= 0.3 is 6.03 Å². The van der Waals surface area contributed by atoms with Crippen LogP contribution in [0.2, 0.25) is 0 Å². The second kappa shape index (κ2) is 6.67. The molecule has 1 aliphatic carbocycles. The molecule has 3 N–H and O–H groups in total. The van der Waals surface area contributed by atoms with Crippen LogP contribution in [0.15, 0.2) is 0 Å². The molecular formula is C11H22N2O2. The summed E-state index contributed by atoms with van der Waals surface area (Å²) in [4.78, 5) is 11.4. The molecule has 0 aliphatic heterocycles. The molecule has 2 atom stereocenters. The van der Waals surface area contributed by atoms with Gasteiger partial charge in [0.1, 0.15) is 0 Å². The Morgan fingerprint density at radius 3 is 2.80 bits per heavy atom. The maximum Gasteiger partial charge on any atom is 0.315 e. The van der Waals surface area contributed by atoms with Gasteiger partial charge in [0.05, 0.1) is 0 Å². The molecule has 88 valence electrons. The summed E-state index contributed by atoms with van der Waals surface area (Å²) in [6.45, 7) is 2.86. The van der Waals surface area contributed by atoms with Gasteiger partial charge in [-0.15, -0.1) is 0 Å². The lowest BCUT2D eigenvalue weighted by Gasteiger charge is -2.29. The van der Waals surface area contributed by atoms with Crippen molar-refractivity contribution in [3.8, 4) is 0 Å². The summed E-state index contributed by atoms with van der Waals surface area (Å²) in [5.41, 5.74) is 0. The zero-order chi connectivity index (χ0) is 11.1. The quantitative estimate of drug-likeness (QED) is 0.617. The maximum atomic E-state index is 11.4. The van der Waals surface area contributed by atoms with Crippen molar-refractivity contribution in [2.24, 2.45) is 5.92 Å². The van der Waals surface area contributed by atoms with E-state index in [1.54, 1.807) is 0 Å². The van der Waals surface area contributed by atoms with Crippen molar-refractivity contribution >= 4 is 6.03 Å². The summed E-state index contributed by atoms with van der Waals surface area (Å²) in [5.74, 6) is 0.586. The normalized spacial score (nSPS) is 26.0. The first-order chi connectivity index (χ1) is 7.24. The van der Waals surface area contributed by atoms with Crippen molar-refractivity contribution in [1.29, 1.82) is 0 Å². The summed E-state index contributed by atoms with van der Waals surface area (Å²) < 4.78 is 0. The number of urea groups is 1. The molecule has 2 amide bonds. The number of hydrogen-bond acceptors (Lipinski definition) is 2. The highest BCUT2D eigenvalue weighted by Crippen LogP contribution is 2.23. The van der Waals surface area contributed by atoms with E-state index in [0.29, 0.717) is 24.9 Å². The lowest BCUT2D eigenvalue weighted by molar-refractivity contribution is 0.220. The molecule has 0 aromatic heterocycles. The van der Waals surface area contributed by atoms with Gasteiger partial charge in [-0.2, -0.15) is 0 Å². The minimum absolute atomic E-state index is 0.0952. The predicted octanol–water partition coefficient (Wildman–Crippen LogP) is 1.25. The van der Waals surface area contributed by atoms with Crippen LogP contribution in [0, 0.1) is 5.92 Å². The highest BCUT2D eigenvalue weighted by Gasteiger charge is 2.22. The molecule has 0 heterocycles. The molecule has 0 aromatic carbocycles. The van der Waals surface area contributed by atoms with E-state index < -0.39 is 0 Å². The lowest BCUT2D eigenvalue weighted by Crippen LogP contribution is -2.46. The topological polar surface area (TPSA) is 61.4 Å². The summed E-state index contributed by atoms with van der Waals surface area (Å²) in [6.07, 6.45) is 5.42. The summed E-state index contributed by atoms with van der Waals surface area (Å²) in [5, 5.41) is 14.3. The van der Waals surface area contributed by atoms with Gasteiger partial charge < -0.3 is 15.7 Å². The maximum absolute atomic E-state index is 11.4. The van der Waals surface area contributed by atoms with Crippen molar-refractivity contribution in [2.45, 2.75) is 45.1 Å². The Kier molecular flexibility index (Phi) is 5.47. The molecule has 4 heteroatoms. The molecule has 1 rings (SSSR count). The Bertz CT molecular complexity index is 197. The van der Waals surface area contributed by atoms with Gasteiger partial charge in [-0.25, -0.2) is 4.79 Å². The molecule has 1 saturated carbocycles. The SMILES string of the molecule is CC1CCCCC1NC(=O)NCCCO. The van der Waals surface area contributed by atoms with Crippen LogP contribution < -0.4 is 10.6 Å². The van der Waals surface area contributed by atoms with Gasteiger partial charge in [0, 0.05) is 19.2 Å². The fourth-order valence-electron chi connectivity index (χ4n) is 2.03. The minimum Gasteiger partial charge on any atom is -0.396 e. The number of carbonyl (C=O) groups excluding carboxylic acids is 1. The third kappa shape index (κ3) is 4.51. The molecule has 2 unspecified atom stereocenters. The molecule has 1 fully saturated rings. The van der Waals surface area contributed by atoms with Crippen LogP contribution in [0.5, 0.6) is 0 Å². The summed E-state index contributed by atoms with van der Waals surface area (Å²) in [6, 6.07) is 0.232. The molecule has 0 aromatic rings. The Morgan fingerprint density at radius 2 is 2.13 bits per heavy atom. The second-order valence-corrected chi connectivity index (χ2v) is 4.35. The molecule has 0 bridgehead atoms. The zero-order valence-corrected chi connectivity index (χ0v) is 9.46. The van der Waals surface area contributed by atoms with Crippen LogP contribution in [-0.4, -0.2) is 30.3 Å². The molecule has 1 aliphatic rings. The Hall–Kier alpha value is -0.770. The first-order valence-electron chi connectivity index (χ1n) is 5.89. The number of aliphatic hydroxyl groups is 1. The highest BCUT2D eigenvalue weighted by atomic mass is 16.3. The van der Waals surface area contributed by atoms with E-state index in [1.807, 2.05) is 0 Å². The minimum atomic E-state index is -0.0952. The number of amides is 2. The first kappa shape index (κ1) is 12.3. The van der Waals surface area contributed by atoms with Crippen LogP contribution >= 0.6 is 0 Å². The van der Waals surface area contributed by atoms with Gasteiger partial charge in [0.2, 0.25) is 0 Å². The molecule has 15 heavy (non-hydrogen) atoms. The van der Waals surface area contributed by atoms with E-state index in [2.05, 4.69) is 17.6 Å². The average molecular weight is 214 g/mol. The fraction of sp³-hybridized carbons (Fsp3) is 0.909. The number of carbonyl (C=O) groups is 1. The van der Waals surface area contributed by atoms with Crippen molar-refractivity contribution in [2.75, 3.05) is 13.2 Å². The lowest BCUT2D eigenvalue weighted by atomic mass is 9.86. The summed E-state index contributed by atoms with van der Waals surface area (Å²) >= 11 is 0. The van der Waals surface area contributed by atoms with Crippen LogP contribution in [0.3, 0.4) is 0 Å². The number of hydrogen-bond donors (Lipinski definition) is 3. The van der Waals surface area contributed by atoms with Crippen molar-refractivity contribution in [3.63, 3.8) is 0 Å². The smallest absolute Gasteiger partial charge is 0.315 e. The monoisotopic (exact) mass is 214 g/mol. The van der Waals surface area contributed by atoms with Gasteiger partial charge in [-0.3, -0.25) is 0 Å². The standard InChI is InChI=1S/C11H22N2O2/c1-9-5-2-3-6-10(9)13-11(15)12-7-4-8-14/h9-10,14H,2-8H2,1H3,(H2,12,13,15). The number of aliphatic hydroxyl groups excluding tert-OH is 1. The average Bonchev–Trinajstić information content (AvgIpc) is 2.22. The molecular weight excluding hydrogens is 192 g/mol. The van der Waals surface area contributed by atoms with E-state index in [9.17, 15) is 4.79 Å². The van der Waals surface area contributed by atoms with Gasteiger partial charge in [-0.1, -0.05) is 19.8 Å². The third-order valence-electron chi connectivity index (χ3n) is 3.05. The number of rotatable bonds is 4. The second-order valence-electron chi connectivity index (χ2n) is 4.35. The molecule has 0 spiro atoms. The highest BCUT2D eigenvalue weighted by molar-refractivity contribution is 5.74. The first-order valence-corrected chi connectivity index (χ1v) is 5.89. The van der Waals surface area contributed by atoms with Gasteiger partial charge in [0.15, 0.2) is 0 Å². The van der Waals surface area contributed by atoms with E-state index in [4.69, 9.17) is 5.11 Å².